The number of morpholine rings is 1. The molecule has 7 nitrogen and oxygen atoms in total. The molecule has 1 aliphatic rings. The minimum atomic E-state index is 0.749. The number of benzene rings is 1. The third kappa shape index (κ3) is 3.11. The first-order chi connectivity index (χ1) is 12.3. The molecular weight excluding hydrogens is 336 g/mol. The van der Waals surface area contributed by atoms with E-state index in [9.17, 15) is 0 Å². The molecule has 1 aromatic carbocycles. The number of aromatic nitrogens is 5. The number of thioether (sulfide) groups is 1. The van der Waals surface area contributed by atoms with Crippen molar-refractivity contribution in [3.05, 3.63) is 30.1 Å². The largest absolute Gasteiger partial charge is 0.378 e. The second kappa shape index (κ2) is 7.05. The van der Waals surface area contributed by atoms with Crippen LogP contribution in [0.3, 0.4) is 0 Å². The van der Waals surface area contributed by atoms with Gasteiger partial charge in [0.05, 0.1) is 30.0 Å². The van der Waals surface area contributed by atoms with Crippen LogP contribution in [0, 0.1) is 0 Å². The van der Waals surface area contributed by atoms with Crippen LogP contribution < -0.4 is 4.90 Å². The van der Waals surface area contributed by atoms with Crippen molar-refractivity contribution in [2.45, 2.75) is 24.4 Å². The Bertz CT molecular complexity index is 867. The Kier molecular flexibility index (Phi) is 4.63. The average molecular weight is 358 g/mol. The van der Waals surface area contributed by atoms with Gasteiger partial charge in [-0.1, -0.05) is 23.9 Å². The number of nitrogens with zero attached hydrogens (tertiary/aromatic N) is 6. The maximum absolute atomic E-state index is 5.43. The number of ether oxygens (including phenoxy) is 1. The average Bonchev–Trinajstić information content (AvgIpc) is 3.22. The van der Waals surface area contributed by atoms with Gasteiger partial charge in [-0.05, 0) is 19.1 Å². The Labute approximate surface area is 151 Å². The van der Waals surface area contributed by atoms with E-state index in [4.69, 9.17) is 9.72 Å². The van der Waals surface area contributed by atoms with Crippen molar-refractivity contribution in [3.8, 4) is 0 Å². The highest BCUT2D eigenvalue weighted by Gasteiger charge is 2.20. The van der Waals surface area contributed by atoms with Crippen LogP contribution >= 0.6 is 11.8 Å². The fourth-order valence-corrected chi connectivity index (χ4v) is 4.10. The van der Waals surface area contributed by atoms with Crippen LogP contribution in [0.15, 0.2) is 29.4 Å². The lowest BCUT2D eigenvalue weighted by molar-refractivity contribution is 0.121. The Morgan fingerprint density at radius 1 is 1.16 bits per heavy atom. The topological polar surface area (TPSA) is 61.0 Å². The molecule has 0 bridgehead atoms. The van der Waals surface area contributed by atoms with Crippen LogP contribution in [-0.4, -0.2) is 50.6 Å². The van der Waals surface area contributed by atoms with Crippen molar-refractivity contribution >= 4 is 28.7 Å². The van der Waals surface area contributed by atoms with Crippen LogP contribution in [0.1, 0.15) is 12.7 Å². The van der Waals surface area contributed by atoms with Gasteiger partial charge in [-0.3, -0.25) is 4.57 Å². The molecule has 132 valence electrons. The summed E-state index contributed by atoms with van der Waals surface area (Å²) in [6, 6.07) is 8.22. The smallest absolute Gasteiger partial charge is 0.228 e. The minimum Gasteiger partial charge on any atom is -0.378 e. The highest BCUT2D eigenvalue weighted by atomic mass is 32.2. The van der Waals surface area contributed by atoms with Crippen LogP contribution in [0.25, 0.3) is 11.0 Å². The standard InChI is InChI=1S/C17H22N6OS/c1-3-23-16(22-8-10-24-11-9-22)19-20-17(23)25-12-15-18-13-6-4-5-7-14(13)21(15)2/h4-7H,3,8-12H2,1-2H3. The lowest BCUT2D eigenvalue weighted by Crippen LogP contribution is -2.38. The fraction of sp³-hybridized carbons (Fsp3) is 0.471. The zero-order valence-electron chi connectivity index (χ0n) is 14.6. The van der Waals surface area contributed by atoms with Gasteiger partial charge in [0.2, 0.25) is 5.95 Å². The molecule has 0 spiro atoms. The number of imidazole rings is 1. The number of fused-ring (bicyclic) bond motifs is 1. The lowest BCUT2D eigenvalue weighted by atomic mass is 10.3. The number of hydrogen-bond acceptors (Lipinski definition) is 6. The molecular formula is C17H22N6OS. The van der Waals surface area contributed by atoms with Gasteiger partial charge in [0.25, 0.3) is 0 Å². The summed E-state index contributed by atoms with van der Waals surface area (Å²) < 4.78 is 9.76. The van der Waals surface area contributed by atoms with Crippen molar-refractivity contribution < 1.29 is 4.74 Å². The molecule has 0 N–H and O–H groups in total. The Morgan fingerprint density at radius 3 is 2.72 bits per heavy atom. The van der Waals surface area contributed by atoms with Crippen LogP contribution in [0.5, 0.6) is 0 Å². The van der Waals surface area contributed by atoms with Crippen molar-refractivity contribution in [3.63, 3.8) is 0 Å². The van der Waals surface area contributed by atoms with E-state index < -0.39 is 0 Å². The molecule has 0 unspecified atom stereocenters. The third-order valence-corrected chi connectivity index (χ3v) is 5.48. The number of hydrogen-bond donors (Lipinski definition) is 0. The summed E-state index contributed by atoms with van der Waals surface area (Å²) in [4.78, 5) is 6.99. The summed E-state index contributed by atoms with van der Waals surface area (Å²) in [6.45, 7) is 6.22. The normalized spacial score (nSPS) is 15.2. The molecule has 1 saturated heterocycles. The van der Waals surface area contributed by atoms with E-state index in [1.807, 2.05) is 12.1 Å². The zero-order valence-corrected chi connectivity index (χ0v) is 15.4. The van der Waals surface area contributed by atoms with E-state index in [1.165, 1.54) is 0 Å². The molecule has 25 heavy (non-hydrogen) atoms. The molecule has 0 saturated carbocycles. The summed E-state index contributed by atoms with van der Waals surface area (Å²) >= 11 is 1.69. The molecule has 8 heteroatoms. The van der Waals surface area contributed by atoms with Crippen molar-refractivity contribution in [2.75, 3.05) is 31.2 Å². The van der Waals surface area contributed by atoms with Gasteiger partial charge >= 0.3 is 0 Å². The monoisotopic (exact) mass is 358 g/mol. The highest BCUT2D eigenvalue weighted by Crippen LogP contribution is 2.26. The summed E-state index contributed by atoms with van der Waals surface area (Å²) in [5.41, 5.74) is 2.19. The van der Waals surface area contributed by atoms with E-state index in [2.05, 4.69) is 50.3 Å². The van der Waals surface area contributed by atoms with Gasteiger partial charge in [0, 0.05) is 26.7 Å². The molecule has 0 aliphatic carbocycles. The van der Waals surface area contributed by atoms with Crippen LogP contribution in [0.4, 0.5) is 5.95 Å². The van der Waals surface area contributed by atoms with Gasteiger partial charge in [-0.15, -0.1) is 10.2 Å². The molecule has 1 fully saturated rings. The maximum Gasteiger partial charge on any atom is 0.228 e. The Hall–Kier alpha value is -2.06. The first-order valence-electron chi connectivity index (χ1n) is 8.57. The van der Waals surface area contributed by atoms with Crippen molar-refractivity contribution in [2.24, 2.45) is 7.05 Å². The number of anilines is 1. The zero-order chi connectivity index (χ0) is 17.2. The second-order valence-electron chi connectivity index (χ2n) is 5.99. The van der Waals surface area contributed by atoms with Crippen molar-refractivity contribution in [1.29, 1.82) is 0 Å². The molecule has 0 atom stereocenters. The van der Waals surface area contributed by atoms with Gasteiger partial charge in [-0.2, -0.15) is 0 Å². The predicted molar refractivity (Wildman–Crippen MR) is 99.0 cm³/mol. The fourth-order valence-electron chi connectivity index (χ4n) is 3.12. The Balaban J connectivity index is 1.54. The molecule has 1 aliphatic heterocycles. The number of para-hydroxylation sites is 2. The summed E-state index contributed by atoms with van der Waals surface area (Å²) in [7, 11) is 2.06. The molecule has 0 radical (unpaired) electrons. The molecule has 3 aromatic rings. The summed E-state index contributed by atoms with van der Waals surface area (Å²) in [6.07, 6.45) is 0. The highest BCUT2D eigenvalue weighted by molar-refractivity contribution is 7.98. The summed E-state index contributed by atoms with van der Waals surface area (Å²) in [5.74, 6) is 2.76. The van der Waals surface area contributed by atoms with Gasteiger partial charge in [0.15, 0.2) is 5.16 Å². The van der Waals surface area contributed by atoms with Crippen LogP contribution in [0.2, 0.25) is 0 Å². The maximum atomic E-state index is 5.43. The van der Waals surface area contributed by atoms with Crippen molar-refractivity contribution in [1.82, 2.24) is 24.3 Å². The summed E-state index contributed by atoms with van der Waals surface area (Å²) in [5, 5.41) is 9.78. The van der Waals surface area contributed by atoms with E-state index in [-0.39, 0.29) is 0 Å². The molecule has 2 aromatic heterocycles. The molecule has 3 heterocycles. The van der Waals surface area contributed by atoms with Gasteiger partial charge in [-0.25, -0.2) is 4.98 Å². The predicted octanol–water partition coefficient (Wildman–Crippen LogP) is 2.31. The Morgan fingerprint density at radius 2 is 1.96 bits per heavy atom. The first kappa shape index (κ1) is 16.4. The molecule has 0 amide bonds. The van der Waals surface area contributed by atoms with Gasteiger partial charge < -0.3 is 14.2 Å². The van der Waals surface area contributed by atoms with E-state index >= 15 is 0 Å². The van der Waals surface area contributed by atoms with Gasteiger partial charge in [0.1, 0.15) is 5.82 Å². The number of rotatable bonds is 5. The first-order valence-corrected chi connectivity index (χ1v) is 9.55. The van der Waals surface area contributed by atoms with Crippen LogP contribution in [-0.2, 0) is 24.1 Å². The molecule has 4 rings (SSSR count). The van der Waals surface area contributed by atoms with E-state index in [0.29, 0.717) is 0 Å². The SMILES string of the molecule is CCn1c(SCc2nc3ccccc3n2C)nnc1N1CCOCC1. The quantitative estimate of drug-likeness (QED) is 0.652. The third-order valence-electron chi connectivity index (χ3n) is 4.52. The van der Waals surface area contributed by atoms with E-state index in [1.54, 1.807) is 11.8 Å². The minimum absolute atomic E-state index is 0.749. The number of aryl methyl sites for hydroxylation is 1. The second-order valence-corrected chi connectivity index (χ2v) is 6.93. The lowest BCUT2D eigenvalue weighted by Gasteiger charge is -2.27. The van der Waals surface area contributed by atoms with E-state index in [0.717, 1.165) is 66.6 Å².